The fourth-order valence-electron chi connectivity index (χ4n) is 0.422. The van der Waals surface area contributed by atoms with E-state index in [1.807, 2.05) is 0 Å². The maximum absolute atomic E-state index is 4.82. The topological polar surface area (TPSA) is 22.1 Å². The molecule has 10 heavy (non-hydrogen) atoms. The number of methoxy groups -OCH3 is 1. The largest absolute Gasteiger partial charge is 2.00 e. The summed E-state index contributed by atoms with van der Waals surface area (Å²) in [7, 11) is 1.60. The zero-order chi connectivity index (χ0) is 5.82. The van der Waals surface area contributed by atoms with Gasteiger partial charge in [-0.25, -0.2) is 6.07 Å². The van der Waals surface area contributed by atoms with Crippen molar-refractivity contribution in [2.45, 2.75) is 0 Å². The van der Waals surface area contributed by atoms with Gasteiger partial charge in [0.25, 0.3) is 0 Å². The normalized spacial score (nSPS) is 6.90. The van der Waals surface area contributed by atoms with Crippen molar-refractivity contribution in [3.8, 4) is 5.75 Å². The molecule has 0 atom stereocenters. The van der Waals surface area contributed by atoms with Gasteiger partial charge in [0.05, 0.1) is 7.11 Å². The van der Waals surface area contributed by atoms with E-state index in [0.717, 1.165) is 5.75 Å². The third-order valence-electron chi connectivity index (χ3n) is 0.812. The molecular weight excluding hydrogens is 206 g/mol. The van der Waals surface area contributed by atoms with Gasteiger partial charge in [-0.15, -0.1) is 0 Å². The second-order valence-electron chi connectivity index (χ2n) is 1.32. The third-order valence-corrected chi connectivity index (χ3v) is 0.812. The molecule has 0 N–H and O–H groups in total. The predicted octanol–water partition coefficient (Wildman–Crippen LogP) is -2.49. The molecule has 0 aliphatic carbocycles. The third kappa shape index (κ3) is 4.08. The van der Waals surface area contributed by atoms with E-state index in [0.29, 0.717) is 0 Å². The molecule has 1 heterocycles. The molecular formula is C6H6BrMgNO. The second kappa shape index (κ2) is 7.30. The van der Waals surface area contributed by atoms with E-state index < -0.39 is 0 Å². The van der Waals surface area contributed by atoms with Crippen molar-refractivity contribution in [1.29, 1.82) is 0 Å². The molecule has 2 nitrogen and oxygen atoms in total. The first-order chi connectivity index (χ1) is 3.93. The van der Waals surface area contributed by atoms with Crippen molar-refractivity contribution >= 4 is 23.1 Å². The van der Waals surface area contributed by atoms with Gasteiger partial charge in [0.2, 0.25) is 0 Å². The van der Waals surface area contributed by atoms with Crippen LogP contribution in [-0.2, 0) is 0 Å². The van der Waals surface area contributed by atoms with Gasteiger partial charge >= 0.3 is 23.1 Å². The summed E-state index contributed by atoms with van der Waals surface area (Å²) < 4.78 is 4.82. The summed E-state index contributed by atoms with van der Waals surface area (Å²) in [5.74, 6) is 0.743. The van der Waals surface area contributed by atoms with Crippen LogP contribution in [0.15, 0.2) is 18.5 Å². The molecule has 0 unspecified atom stereocenters. The van der Waals surface area contributed by atoms with Crippen molar-refractivity contribution in [2.24, 2.45) is 0 Å². The Morgan fingerprint density at radius 2 is 2.30 bits per heavy atom. The van der Waals surface area contributed by atoms with Crippen LogP contribution in [-0.4, -0.2) is 35.1 Å². The first-order valence-corrected chi connectivity index (χ1v) is 2.28. The molecule has 0 aliphatic heterocycles. The van der Waals surface area contributed by atoms with Gasteiger partial charge in [0, 0.05) is 0 Å². The van der Waals surface area contributed by atoms with E-state index in [1.165, 1.54) is 0 Å². The number of nitrogens with zero attached hydrogens (tertiary/aromatic N) is 1. The maximum atomic E-state index is 4.82. The number of rotatable bonds is 1. The predicted molar refractivity (Wildman–Crippen MR) is 35.4 cm³/mol. The first kappa shape index (κ1) is 12.8. The van der Waals surface area contributed by atoms with Crippen LogP contribution in [0.3, 0.4) is 0 Å². The molecule has 4 heteroatoms. The second-order valence-corrected chi connectivity index (χ2v) is 1.32. The fourth-order valence-corrected chi connectivity index (χ4v) is 0.422. The van der Waals surface area contributed by atoms with Gasteiger partial charge in [-0.1, -0.05) is 6.20 Å². The molecule has 1 rings (SSSR count). The van der Waals surface area contributed by atoms with Gasteiger partial charge in [-0.2, -0.15) is 6.07 Å². The van der Waals surface area contributed by atoms with E-state index in [9.17, 15) is 0 Å². The van der Waals surface area contributed by atoms with Crippen LogP contribution in [0.2, 0.25) is 0 Å². The van der Waals surface area contributed by atoms with E-state index in [2.05, 4.69) is 11.1 Å². The van der Waals surface area contributed by atoms with Crippen LogP contribution in [0.4, 0.5) is 0 Å². The summed E-state index contributed by atoms with van der Waals surface area (Å²) in [6, 6.07) is 4.50. The number of hydrogen-bond acceptors (Lipinski definition) is 2. The molecule has 1 aromatic heterocycles. The Morgan fingerprint density at radius 3 is 2.60 bits per heavy atom. The van der Waals surface area contributed by atoms with Crippen LogP contribution in [0.25, 0.3) is 0 Å². The van der Waals surface area contributed by atoms with Gasteiger partial charge in [0.15, 0.2) is 0 Å². The van der Waals surface area contributed by atoms with Gasteiger partial charge in [-0.05, 0) is 11.9 Å². The van der Waals surface area contributed by atoms with Crippen LogP contribution in [0.5, 0.6) is 5.75 Å². The Balaban J connectivity index is 0. The minimum absolute atomic E-state index is 0. The molecule has 0 amide bonds. The Labute approximate surface area is 86.9 Å². The molecule has 0 spiro atoms. The Hall–Kier alpha value is 0.196. The van der Waals surface area contributed by atoms with Gasteiger partial charge in [0.1, 0.15) is 0 Å². The smallest absolute Gasteiger partial charge is 1.00 e. The fraction of sp³-hybridized carbons (Fsp3) is 0.167. The number of halogens is 1. The zero-order valence-corrected chi connectivity index (χ0v) is 8.67. The van der Waals surface area contributed by atoms with Crippen LogP contribution in [0.1, 0.15) is 0 Å². The zero-order valence-electron chi connectivity index (χ0n) is 5.67. The summed E-state index contributed by atoms with van der Waals surface area (Å²) in [4.78, 5) is 3.77. The van der Waals surface area contributed by atoms with Crippen molar-refractivity contribution < 1.29 is 21.7 Å². The van der Waals surface area contributed by atoms with Crippen molar-refractivity contribution in [3.05, 3.63) is 24.5 Å². The number of ether oxygens (including phenoxy) is 1. The van der Waals surface area contributed by atoms with E-state index in [1.54, 1.807) is 25.6 Å². The summed E-state index contributed by atoms with van der Waals surface area (Å²) >= 11 is 0. The molecule has 0 aliphatic rings. The first-order valence-electron chi connectivity index (χ1n) is 2.28. The van der Waals surface area contributed by atoms with Crippen molar-refractivity contribution in [3.63, 3.8) is 0 Å². The van der Waals surface area contributed by atoms with Crippen molar-refractivity contribution in [1.82, 2.24) is 4.98 Å². The van der Waals surface area contributed by atoms with Crippen LogP contribution >= 0.6 is 0 Å². The summed E-state index contributed by atoms with van der Waals surface area (Å²) in [6.07, 6.45) is 3.22. The maximum Gasteiger partial charge on any atom is 2.00 e. The van der Waals surface area contributed by atoms with E-state index >= 15 is 0 Å². The summed E-state index contributed by atoms with van der Waals surface area (Å²) in [5, 5.41) is 0. The molecule has 0 fully saturated rings. The molecule has 0 saturated carbocycles. The van der Waals surface area contributed by atoms with Crippen molar-refractivity contribution in [2.75, 3.05) is 7.11 Å². The Kier molecular flexibility index (Phi) is 9.38. The minimum atomic E-state index is 0. The molecule has 0 radical (unpaired) electrons. The minimum Gasteiger partial charge on any atom is -1.00 e. The molecule has 1 aromatic rings. The Bertz CT molecular complexity index is 159. The van der Waals surface area contributed by atoms with Gasteiger partial charge in [-0.3, -0.25) is 0 Å². The standard InChI is InChI=1S/C6H6NO.BrH.Mg/c1-8-6-3-2-4-7-5-6;;/h3-5H,1H3;1H;/q-1;;+2/p-1. The van der Waals surface area contributed by atoms with Crippen LogP contribution < -0.4 is 21.7 Å². The SMILES string of the molecule is COc1c[c-]cnc1.[Br-].[Mg+2]. The number of hydrogen-bond donors (Lipinski definition) is 0. The molecule has 0 aromatic carbocycles. The van der Waals surface area contributed by atoms with Crippen LogP contribution in [0, 0.1) is 6.07 Å². The average molecular weight is 212 g/mol. The van der Waals surface area contributed by atoms with Gasteiger partial charge < -0.3 is 26.7 Å². The average Bonchev–Trinajstić information content (AvgIpc) is 1.90. The van der Waals surface area contributed by atoms with E-state index in [-0.39, 0.29) is 40.0 Å². The molecule has 0 saturated heterocycles. The summed E-state index contributed by atoms with van der Waals surface area (Å²) in [5.41, 5.74) is 0. The Morgan fingerprint density at radius 1 is 1.60 bits per heavy atom. The number of aromatic nitrogens is 1. The van der Waals surface area contributed by atoms with E-state index in [4.69, 9.17) is 4.74 Å². The quantitative estimate of drug-likeness (QED) is 0.380. The monoisotopic (exact) mass is 211 g/mol. The summed E-state index contributed by atoms with van der Waals surface area (Å²) in [6.45, 7) is 0. The molecule has 0 bridgehead atoms. The number of pyridine rings is 1. The molecule has 50 valence electrons.